The van der Waals surface area contributed by atoms with Crippen LogP contribution in [0.2, 0.25) is 13.1 Å². The van der Waals surface area contributed by atoms with E-state index in [1.807, 2.05) is 0 Å². The molecule has 0 aromatic carbocycles. The Morgan fingerprint density at radius 3 is 2.58 bits per heavy atom. The van der Waals surface area contributed by atoms with Gasteiger partial charge in [-0.25, -0.2) is 0 Å². The number of rotatable bonds is 8. The van der Waals surface area contributed by atoms with Gasteiger partial charge in [0.15, 0.2) is 0 Å². The smallest absolute Gasteiger partial charge is 0.117 e. The van der Waals surface area contributed by atoms with Crippen LogP contribution in [-0.4, -0.2) is 20.4 Å². The van der Waals surface area contributed by atoms with E-state index >= 15 is 0 Å². The van der Waals surface area contributed by atoms with Gasteiger partial charge < -0.3 is 5.32 Å². The Kier molecular flexibility index (Phi) is 9.13. The van der Waals surface area contributed by atoms with Gasteiger partial charge in [-0.05, 0) is 25.4 Å². The highest BCUT2D eigenvalue weighted by Crippen LogP contribution is 2.11. The van der Waals surface area contributed by atoms with Crippen molar-refractivity contribution < 1.29 is 0 Å². The summed E-state index contributed by atoms with van der Waals surface area (Å²) in [4.78, 5) is 0. The van der Waals surface area contributed by atoms with Crippen molar-refractivity contribution in [2.45, 2.75) is 46.3 Å². The van der Waals surface area contributed by atoms with E-state index in [1.54, 1.807) is 0 Å². The molecule has 12 heavy (non-hydrogen) atoms. The van der Waals surface area contributed by atoms with Gasteiger partial charge >= 0.3 is 0 Å². The van der Waals surface area contributed by atoms with Gasteiger partial charge in [0, 0.05) is 0 Å². The molecule has 0 fully saturated rings. The lowest BCUT2D eigenvalue weighted by atomic mass is 9.71. The predicted molar refractivity (Wildman–Crippen MR) is 59.4 cm³/mol. The molecule has 0 heterocycles. The number of unbranched alkanes of at least 4 members (excludes halogenated alkanes) is 1. The van der Waals surface area contributed by atoms with E-state index in [2.05, 4.69) is 26.0 Å². The predicted octanol–water partition coefficient (Wildman–Crippen LogP) is 2.31. The van der Waals surface area contributed by atoms with Crippen molar-refractivity contribution in [3.05, 3.63) is 0 Å². The summed E-state index contributed by atoms with van der Waals surface area (Å²) in [6.07, 6.45) is 5.55. The quantitative estimate of drug-likeness (QED) is 0.550. The summed E-state index contributed by atoms with van der Waals surface area (Å²) in [7, 11) is 1.33. The summed E-state index contributed by atoms with van der Waals surface area (Å²) in [6, 6.07) is 0. The van der Waals surface area contributed by atoms with Crippen LogP contribution in [0.25, 0.3) is 0 Å². The van der Waals surface area contributed by atoms with Gasteiger partial charge in [-0.3, -0.25) is 0 Å². The van der Waals surface area contributed by atoms with Gasteiger partial charge in [0.2, 0.25) is 0 Å². The number of hydrogen-bond acceptors (Lipinski definition) is 1. The van der Waals surface area contributed by atoms with Crippen molar-refractivity contribution in [2.24, 2.45) is 5.92 Å². The Bertz CT molecular complexity index is 77.9. The van der Waals surface area contributed by atoms with E-state index in [-0.39, 0.29) is 0 Å². The topological polar surface area (TPSA) is 12.0 Å². The zero-order chi connectivity index (χ0) is 9.23. The molecular weight excluding hydrogens is 145 g/mol. The lowest BCUT2D eigenvalue weighted by molar-refractivity contribution is 0.469. The van der Waals surface area contributed by atoms with Crippen LogP contribution in [0.1, 0.15) is 33.1 Å². The van der Waals surface area contributed by atoms with Crippen LogP contribution in [0.5, 0.6) is 0 Å². The molecule has 2 heteroatoms. The van der Waals surface area contributed by atoms with Gasteiger partial charge in [-0.1, -0.05) is 39.8 Å². The van der Waals surface area contributed by atoms with E-state index < -0.39 is 0 Å². The number of nitrogens with one attached hydrogen (secondary N) is 1. The maximum atomic E-state index is 3.44. The van der Waals surface area contributed by atoms with Crippen molar-refractivity contribution in [1.29, 1.82) is 0 Å². The standard InChI is InChI=1S/C10H24BN/c1-4-6-7-10(8-11-3)9-12-5-2/h10-12H,4-9H2,1-3H3. The highest BCUT2D eigenvalue weighted by Gasteiger charge is 2.05. The van der Waals surface area contributed by atoms with Crippen LogP contribution in [0.15, 0.2) is 0 Å². The first-order valence-electron chi connectivity index (χ1n) is 5.55. The minimum absolute atomic E-state index is 0.926. The second-order valence-corrected chi connectivity index (χ2v) is 3.60. The molecule has 0 radical (unpaired) electrons. The third kappa shape index (κ3) is 6.72. The molecule has 0 aromatic rings. The molecule has 0 aliphatic rings. The first kappa shape index (κ1) is 12.0. The van der Waals surface area contributed by atoms with Crippen molar-refractivity contribution >= 4 is 7.28 Å². The van der Waals surface area contributed by atoms with E-state index in [9.17, 15) is 0 Å². The minimum atomic E-state index is 0.926. The molecule has 0 saturated carbocycles. The van der Waals surface area contributed by atoms with Gasteiger partial charge in [0.25, 0.3) is 0 Å². The Hall–Kier alpha value is 0.0249. The lowest BCUT2D eigenvalue weighted by Gasteiger charge is -2.15. The molecule has 72 valence electrons. The fourth-order valence-corrected chi connectivity index (χ4v) is 1.60. The lowest BCUT2D eigenvalue weighted by Crippen LogP contribution is -2.23. The molecule has 0 spiro atoms. The van der Waals surface area contributed by atoms with Crippen LogP contribution in [0, 0.1) is 5.92 Å². The molecule has 0 amide bonds. The van der Waals surface area contributed by atoms with Crippen molar-refractivity contribution in [3.63, 3.8) is 0 Å². The van der Waals surface area contributed by atoms with E-state index in [1.165, 1.54) is 39.4 Å². The van der Waals surface area contributed by atoms with E-state index in [4.69, 9.17) is 0 Å². The summed E-state index contributed by atoms with van der Waals surface area (Å²) >= 11 is 0. The second kappa shape index (κ2) is 9.12. The van der Waals surface area contributed by atoms with Crippen LogP contribution < -0.4 is 5.32 Å². The zero-order valence-electron chi connectivity index (χ0n) is 9.03. The molecule has 0 aromatic heterocycles. The Balaban J connectivity index is 3.40. The van der Waals surface area contributed by atoms with Crippen molar-refractivity contribution in [2.75, 3.05) is 13.1 Å². The van der Waals surface area contributed by atoms with Gasteiger partial charge in [0.1, 0.15) is 7.28 Å². The second-order valence-electron chi connectivity index (χ2n) is 3.60. The Morgan fingerprint density at radius 1 is 1.33 bits per heavy atom. The average Bonchev–Trinajstić information content (AvgIpc) is 2.10. The normalized spacial score (nSPS) is 12.9. The Labute approximate surface area is 78.6 Å². The van der Waals surface area contributed by atoms with Crippen LogP contribution in [-0.2, 0) is 0 Å². The molecular formula is C10H24BN. The van der Waals surface area contributed by atoms with E-state index in [0.29, 0.717) is 0 Å². The summed E-state index contributed by atoms with van der Waals surface area (Å²) in [5, 5.41) is 3.44. The zero-order valence-corrected chi connectivity index (χ0v) is 9.03. The summed E-state index contributed by atoms with van der Waals surface area (Å²) in [5.74, 6) is 0.926. The monoisotopic (exact) mass is 169 g/mol. The molecule has 0 aliphatic heterocycles. The largest absolute Gasteiger partial charge is 0.317 e. The Morgan fingerprint density at radius 2 is 2.08 bits per heavy atom. The minimum Gasteiger partial charge on any atom is -0.317 e. The first-order valence-corrected chi connectivity index (χ1v) is 5.55. The first-order chi connectivity index (χ1) is 5.85. The van der Waals surface area contributed by atoms with Crippen LogP contribution in [0.3, 0.4) is 0 Å². The third-order valence-corrected chi connectivity index (χ3v) is 2.35. The average molecular weight is 169 g/mol. The SMILES string of the molecule is CBCC(CCCC)CNCC. The number of hydrogen-bond donors (Lipinski definition) is 1. The summed E-state index contributed by atoms with van der Waals surface area (Å²) in [6.45, 7) is 9.08. The molecule has 0 aliphatic carbocycles. The van der Waals surface area contributed by atoms with Crippen LogP contribution in [0.4, 0.5) is 0 Å². The fourth-order valence-electron chi connectivity index (χ4n) is 1.60. The molecule has 0 rings (SSSR count). The fraction of sp³-hybridized carbons (Fsp3) is 1.00. The molecule has 1 N–H and O–H groups in total. The highest BCUT2D eigenvalue weighted by atomic mass is 14.8. The maximum Gasteiger partial charge on any atom is 0.117 e. The molecule has 1 nitrogen and oxygen atoms in total. The third-order valence-electron chi connectivity index (χ3n) is 2.35. The molecule has 1 atom stereocenters. The molecule has 1 unspecified atom stereocenters. The van der Waals surface area contributed by atoms with Crippen molar-refractivity contribution in [1.82, 2.24) is 5.32 Å². The van der Waals surface area contributed by atoms with Crippen LogP contribution >= 0.6 is 0 Å². The van der Waals surface area contributed by atoms with Crippen molar-refractivity contribution in [3.8, 4) is 0 Å². The summed E-state index contributed by atoms with van der Waals surface area (Å²) < 4.78 is 0. The van der Waals surface area contributed by atoms with Gasteiger partial charge in [-0.2, -0.15) is 0 Å². The van der Waals surface area contributed by atoms with E-state index in [0.717, 1.165) is 12.5 Å². The maximum absolute atomic E-state index is 3.44. The highest BCUT2D eigenvalue weighted by molar-refractivity contribution is 6.33. The van der Waals surface area contributed by atoms with Gasteiger partial charge in [-0.15, -0.1) is 0 Å². The van der Waals surface area contributed by atoms with Gasteiger partial charge in [0.05, 0.1) is 0 Å². The summed E-state index contributed by atoms with van der Waals surface area (Å²) in [5.41, 5.74) is 0. The molecule has 0 saturated heterocycles. The molecule has 0 bridgehead atoms.